The maximum absolute atomic E-state index is 12.4. The molecule has 4 nitrogen and oxygen atoms in total. The molecule has 0 aliphatic rings. The van der Waals surface area contributed by atoms with Crippen LogP contribution in [0.25, 0.3) is 6.08 Å². The van der Waals surface area contributed by atoms with E-state index in [4.69, 9.17) is 23.2 Å². The number of benzene rings is 2. The Balaban J connectivity index is 2.24. The molecule has 118 valence electrons. The smallest absolute Gasteiger partial charge is 0.272 e. The summed E-state index contributed by atoms with van der Waals surface area (Å²) >= 11 is 11.8. The Kier molecular flexibility index (Phi) is 5.79. The van der Waals surface area contributed by atoms with Crippen molar-refractivity contribution in [2.45, 2.75) is 6.92 Å². The van der Waals surface area contributed by atoms with E-state index in [0.717, 1.165) is 5.56 Å². The van der Waals surface area contributed by atoms with Gasteiger partial charge in [0.1, 0.15) is 5.70 Å². The van der Waals surface area contributed by atoms with E-state index in [1.807, 2.05) is 30.3 Å². The third-order valence-corrected chi connectivity index (χ3v) is 3.58. The zero-order chi connectivity index (χ0) is 16.8. The van der Waals surface area contributed by atoms with Crippen molar-refractivity contribution in [2.24, 2.45) is 0 Å². The zero-order valence-electron chi connectivity index (χ0n) is 12.3. The minimum atomic E-state index is -0.456. The lowest BCUT2D eigenvalue weighted by Crippen LogP contribution is -2.28. The second-order valence-corrected chi connectivity index (χ2v) is 5.55. The minimum absolute atomic E-state index is 0.134. The van der Waals surface area contributed by atoms with Crippen molar-refractivity contribution in [2.75, 3.05) is 5.32 Å². The van der Waals surface area contributed by atoms with Crippen LogP contribution in [-0.4, -0.2) is 11.8 Å². The lowest BCUT2D eigenvalue weighted by atomic mass is 10.2. The second kappa shape index (κ2) is 7.81. The molecule has 2 aromatic rings. The molecule has 0 radical (unpaired) electrons. The monoisotopic (exact) mass is 348 g/mol. The molecule has 2 N–H and O–H groups in total. The Morgan fingerprint density at radius 3 is 2.30 bits per heavy atom. The molecule has 6 heteroatoms. The molecule has 0 aliphatic carbocycles. The van der Waals surface area contributed by atoms with Gasteiger partial charge < -0.3 is 10.6 Å². The Morgan fingerprint density at radius 1 is 1.00 bits per heavy atom. The predicted octanol–water partition coefficient (Wildman–Crippen LogP) is 4.11. The Bertz CT molecular complexity index is 758. The summed E-state index contributed by atoms with van der Waals surface area (Å²) in [4.78, 5) is 23.7. The van der Waals surface area contributed by atoms with Gasteiger partial charge in [-0.2, -0.15) is 0 Å². The summed E-state index contributed by atoms with van der Waals surface area (Å²) in [5.41, 5.74) is 1.41. The topological polar surface area (TPSA) is 58.2 Å². The second-order valence-electron chi connectivity index (χ2n) is 4.73. The highest BCUT2D eigenvalue weighted by Gasteiger charge is 2.12. The molecular weight excluding hydrogens is 335 g/mol. The first-order valence-electron chi connectivity index (χ1n) is 6.76. The fraction of sp³-hybridized carbons (Fsp3) is 0.0588. The fourth-order valence-electron chi connectivity index (χ4n) is 1.84. The third-order valence-electron chi connectivity index (χ3n) is 2.84. The first-order valence-corrected chi connectivity index (χ1v) is 7.52. The predicted molar refractivity (Wildman–Crippen MR) is 93.3 cm³/mol. The molecule has 0 atom stereocenters. The average Bonchev–Trinajstić information content (AvgIpc) is 2.51. The van der Waals surface area contributed by atoms with E-state index >= 15 is 0 Å². The highest BCUT2D eigenvalue weighted by atomic mass is 35.5. The van der Waals surface area contributed by atoms with Gasteiger partial charge in [0.2, 0.25) is 5.91 Å². The molecule has 2 rings (SSSR count). The van der Waals surface area contributed by atoms with Crippen LogP contribution in [0.3, 0.4) is 0 Å². The van der Waals surface area contributed by atoms with E-state index in [9.17, 15) is 9.59 Å². The number of hydrogen-bond acceptors (Lipinski definition) is 2. The normalized spacial score (nSPS) is 11.0. The lowest BCUT2D eigenvalue weighted by molar-refractivity contribution is -0.120. The summed E-state index contributed by atoms with van der Waals surface area (Å²) in [7, 11) is 0. The SMILES string of the molecule is CC(=O)N/C(=C\c1ccccc1)C(=O)Nc1ccc(Cl)c(Cl)c1. The van der Waals surface area contributed by atoms with Gasteiger partial charge in [-0.1, -0.05) is 53.5 Å². The van der Waals surface area contributed by atoms with Crippen molar-refractivity contribution in [3.8, 4) is 0 Å². The average molecular weight is 349 g/mol. The van der Waals surface area contributed by atoms with Gasteiger partial charge in [0, 0.05) is 12.6 Å². The van der Waals surface area contributed by atoms with Crippen LogP contribution in [0.4, 0.5) is 5.69 Å². The molecule has 23 heavy (non-hydrogen) atoms. The highest BCUT2D eigenvalue weighted by Crippen LogP contribution is 2.25. The summed E-state index contributed by atoms with van der Waals surface area (Å²) in [6.45, 7) is 1.34. The van der Waals surface area contributed by atoms with Crippen molar-refractivity contribution in [1.82, 2.24) is 5.32 Å². The number of anilines is 1. The number of carbonyl (C=O) groups is 2. The van der Waals surface area contributed by atoms with Gasteiger partial charge >= 0.3 is 0 Å². The van der Waals surface area contributed by atoms with Crippen LogP contribution in [0.1, 0.15) is 12.5 Å². The van der Waals surface area contributed by atoms with Gasteiger partial charge in [-0.15, -0.1) is 0 Å². The molecule has 0 saturated carbocycles. The van der Waals surface area contributed by atoms with E-state index in [0.29, 0.717) is 15.7 Å². The molecule has 0 aromatic heterocycles. The van der Waals surface area contributed by atoms with Gasteiger partial charge in [0.15, 0.2) is 0 Å². The molecule has 0 aliphatic heterocycles. The fourth-order valence-corrected chi connectivity index (χ4v) is 2.13. The summed E-state index contributed by atoms with van der Waals surface area (Å²) in [5.74, 6) is -0.793. The Hall–Kier alpha value is -2.30. The lowest BCUT2D eigenvalue weighted by Gasteiger charge is -2.10. The quantitative estimate of drug-likeness (QED) is 0.816. The van der Waals surface area contributed by atoms with Crippen LogP contribution in [0.5, 0.6) is 0 Å². The number of rotatable bonds is 4. The number of hydrogen-bond donors (Lipinski definition) is 2. The largest absolute Gasteiger partial charge is 0.322 e. The van der Waals surface area contributed by atoms with E-state index in [-0.39, 0.29) is 11.6 Å². The number of amides is 2. The first-order chi connectivity index (χ1) is 11.0. The van der Waals surface area contributed by atoms with Crippen molar-refractivity contribution in [3.63, 3.8) is 0 Å². The maximum Gasteiger partial charge on any atom is 0.272 e. The molecule has 0 unspecified atom stereocenters. The number of carbonyl (C=O) groups excluding carboxylic acids is 2. The molecule has 2 aromatic carbocycles. The van der Waals surface area contributed by atoms with Crippen LogP contribution in [0.2, 0.25) is 10.0 Å². The van der Waals surface area contributed by atoms with Crippen LogP contribution in [0, 0.1) is 0 Å². The van der Waals surface area contributed by atoms with Gasteiger partial charge in [0.25, 0.3) is 5.91 Å². The molecule has 2 amide bonds. The zero-order valence-corrected chi connectivity index (χ0v) is 13.8. The Morgan fingerprint density at radius 2 is 1.70 bits per heavy atom. The van der Waals surface area contributed by atoms with E-state index in [2.05, 4.69) is 10.6 Å². The van der Waals surface area contributed by atoms with Crippen molar-refractivity contribution in [1.29, 1.82) is 0 Å². The van der Waals surface area contributed by atoms with E-state index in [1.165, 1.54) is 13.0 Å². The van der Waals surface area contributed by atoms with Gasteiger partial charge in [-0.25, -0.2) is 0 Å². The van der Waals surface area contributed by atoms with Gasteiger partial charge in [0.05, 0.1) is 10.0 Å². The van der Waals surface area contributed by atoms with Crippen LogP contribution in [-0.2, 0) is 9.59 Å². The van der Waals surface area contributed by atoms with E-state index < -0.39 is 5.91 Å². The van der Waals surface area contributed by atoms with Crippen molar-refractivity contribution in [3.05, 3.63) is 69.8 Å². The number of nitrogens with one attached hydrogen (secondary N) is 2. The number of halogens is 2. The molecular formula is C17H14Cl2N2O2. The molecule has 0 saturated heterocycles. The highest BCUT2D eigenvalue weighted by molar-refractivity contribution is 6.42. The Labute approximate surface area is 144 Å². The third kappa shape index (κ3) is 5.13. The van der Waals surface area contributed by atoms with Crippen LogP contribution >= 0.6 is 23.2 Å². The van der Waals surface area contributed by atoms with Gasteiger partial charge in [-0.3, -0.25) is 9.59 Å². The molecule has 0 heterocycles. The van der Waals surface area contributed by atoms with Crippen LogP contribution in [0.15, 0.2) is 54.2 Å². The molecule has 0 fully saturated rings. The molecule has 0 bridgehead atoms. The summed E-state index contributed by atoms with van der Waals surface area (Å²) in [6, 6.07) is 13.9. The first kappa shape index (κ1) is 17.1. The molecule has 0 spiro atoms. The van der Waals surface area contributed by atoms with E-state index in [1.54, 1.807) is 18.2 Å². The van der Waals surface area contributed by atoms with Crippen molar-refractivity contribution < 1.29 is 9.59 Å². The standard InChI is InChI=1S/C17H14Cl2N2O2/c1-11(22)20-16(9-12-5-3-2-4-6-12)17(23)21-13-7-8-14(18)15(19)10-13/h2-10H,1H3,(H,20,22)(H,21,23)/b16-9-. The minimum Gasteiger partial charge on any atom is -0.322 e. The van der Waals surface area contributed by atoms with Gasteiger partial charge in [-0.05, 0) is 29.8 Å². The summed E-state index contributed by atoms with van der Waals surface area (Å²) < 4.78 is 0. The maximum atomic E-state index is 12.4. The van der Waals surface area contributed by atoms with Crippen molar-refractivity contribution >= 4 is 46.8 Å². The summed E-state index contributed by atoms with van der Waals surface area (Å²) in [6.07, 6.45) is 1.59. The van der Waals surface area contributed by atoms with Crippen LogP contribution < -0.4 is 10.6 Å². The summed E-state index contributed by atoms with van der Waals surface area (Å²) in [5, 5.41) is 5.92.